The molecule has 0 heterocycles. The molecular formula is C3H10O3S. The molecule has 7 heavy (non-hydrogen) atoms. The minimum atomic E-state index is -2.66. The summed E-state index contributed by atoms with van der Waals surface area (Å²) >= 11 is 0. The average molecular weight is 126 g/mol. The van der Waals surface area contributed by atoms with Gasteiger partial charge in [-0.15, -0.1) is 0 Å². The van der Waals surface area contributed by atoms with E-state index < -0.39 is 10.9 Å². The van der Waals surface area contributed by atoms with Gasteiger partial charge in [-0.3, -0.25) is 4.18 Å². The summed E-state index contributed by atoms with van der Waals surface area (Å²) in [5, 5.41) is 0. The zero-order chi connectivity index (χ0) is 5.91. The fraction of sp³-hybridized carbons (Fsp3) is 1.00. The van der Waals surface area contributed by atoms with Crippen LogP contribution in [-0.4, -0.2) is 22.0 Å². The van der Waals surface area contributed by atoms with E-state index in [1.807, 2.05) is 0 Å². The quantitative estimate of drug-likeness (QED) is 0.586. The highest BCUT2D eigenvalue weighted by Crippen LogP contribution is 2.37. The van der Waals surface area contributed by atoms with Crippen LogP contribution in [0.4, 0.5) is 0 Å². The molecule has 0 saturated heterocycles. The van der Waals surface area contributed by atoms with E-state index in [-0.39, 0.29) is 5.75 Å². The Kier molecular flexibility index (Phi) is 2.60. The van der Waals surface area contributed by atoms with Crippen molar-refractivity contribution in [1.82, 2.24) is 0 Å². The summed E-state index contributed by atoms with van der Waals surface area (Å²) in [6.07, 6.45) is 0. The summed E-state index contributed by atoms with van der Waals surface area (Å²) in [5.74, 6) is 0.267. The van der Waals surface area contributed by atoms with Crippen LogP contribution < -0.4 is 0 Å². The van der Waals surface area contributed by atoms with E-state index >= 15 is 0 Å². The molecule has 0 saturated carbocycles. The van der Waals surface area contributed by atoms with E-state index in [1.165, 1.54) is 7.11 Å². The molecule has 0 aliphatic heterocycles. The van der Waals surface area contributed by atoms with Gasteiger partial charge in [0.15, 0.2) is 0 Å². The lowest BCUT2D eigenvalue weighted by Gasteiger charge is -2.21. The van der Waals surface area contributed by atoms with Gasteiger partial charge in [-0.2, -0.15) is 0 Å². The third-order valence-electron chi connectivity index (χ3n) is 0.643. The molecule has 0 aromatic rings. The Morgan fingerprint density at radius 2 is 2.00 bits per heavy atom. The maximum Gasteiger partial charge on any atom is 0.0830 e. The van der Waals surface area contributed by atoms with Gasteiger partial charge in [0.25, 0.3) is 0 Å². The summed E-state index contributed by atoms with van der Waals surface area (Å²) < 4.78 is 21.4. The molecule has 0 fully saturated rings. The van der Waals surface area contributed by atoms with Gasteiger partial charge in [-0.1, -0.05) is 6.92 Å². The topological polar surface area (TPSA) is 49.7 Å². The van der Waals surface area contributed by atoms with Gasteiger partial charge in [0.1, 0.15) is 0 Å². The molecule has 4 heteroatoms. The van der Waals surface area contributed by atoms with E-state index in [0.717, 1.165) is 0 Å². The molecule has 0 unspecified atom stereocenters. The molecule has 2 N–H and O–H groups in total. The second-order valence-corrected chi connectivity index (χ2v) is 3.19. The molecule has 0 rings (SSSR count). The standard InChI is InChI=1S/C3H10O3S/c1-3-7(4,5)6-2/h4-5H,3H2,1-2H3. The van der Waals surface area contributed by atoms with Crippen LogP contribution >= 0.6 is 10.9 Å². The van der Waals surface area contributed by atoms with Crippen molar-refractivity contribution in [3.63, 3.8) is 0 Å². The lowest BCUT2D eigenvalue weighted by Crippen LogP contribution is -2.00. The molecule has 0 amide bonds. The van der Waals surface area contributed by atoms with E-state index in [0.29, 0.717) is 0 Å². The number of hydrogen-bond acceptors (Lipinski definition) is 3. The third kappa shape index (κ3) is 2.87. The molecular weight excluding hydrogens is 116 g/mol. The minimum Gasteiger partial charge on any atom is -0.308 e. The van der Waals surface area contributed by atoms with Crippen LogP contribution in [0.2, 0.25) is 0 Å². The first kappa shape index (κ1) is 7.23. The smallest absolute Gasteiger partial charge is 0.0830 e. The highest BCUT2D eigenvalue weighted by atomic mass is 32.3. The van der Waals surface area contributed by atoms with Gasteiger partial charge in [0.05, 0.1) is 18.0 Å². The van der Waals surface area contributed by atoms with Crippen molar-refractivity contribution in [2.75, 3.05) is 12.9 Å². The van der Waals surface area contributed by atoms with Gasteiger partial charge in [-0.25, -0.2) is 0 Å². The molecule has 0 radical (unpaired) electrons. The normalized spacial score (nSPS) is 14.3. The number of rotatable bonds is 2. The van der Waals surface area contributed by atoms with Crippen LogP contribution in [0.3, 0.4) is 0 Å². The van der Waals surface area contributed by atoms with Crippen LogP contribution in [0.25, 0.3) is 0 Å². The predicted molar refractivity (Wildman–Crippen MR) is 30.4 cm³/mol. The highest BCUT2D eigenvalue weighted by molar-refractivity contribution is 8.20. The lowest BCUT2D eigenvalue weighted by molar-refractivity contribution is 0.320. The fourth-order valence-electron chi connectivity index (χ4n) is 0.118. The van der Waals surface area contributed by atoms with Crippen LogP contribution in [0.5, 0.6) is 0 Å². The van der Waals surface area contributed by atoms with Crippen molar-refractivity contribution in [2.45, 2.75) is 6.92 Å². The van der Waals surface area contributed by atoms with Crippen LogP contribution in [0.15, 0.2) is 0 Å². The molecule has 0 aromatic carbocycles. The summed E-state index contributed by atoms with van der Waals surface area (Å²) in [6.45, 7) is 1.65. The van der Waals surface area contributed by atoms with Crippen molar-refractivity contribution >= 4 is 10.9 Å². The van der Waals surface area contributed by atoms with Gasteiger partial charge in [0, 0.05) is 5.75 Å². The Labute approximate surface area is 44.9 Å². The maximum absolute atomic E-state index is 8.55. The third-order valence-corrected chi connectivity index (χ3v) is 1.93. The van der Waals surface area contributed by atoms with E-state index in [9.17, 15) is 0 Å². The Hall–Kier alpha value is 0.230. The first-order valence-electron chi connectivity index (χ1n) is 1.94. The van der Waals surface area contributed by atoms with Crippen molar-refractivity contribution in [1.29, 1.82) is 0 Å². The molecule has 0 aliphatic carbocycles. The molecule has 3 nitrogen and oxygen atoms in total. The zero-order valence-electron chi connectivity index (χ0n) is 4.42. The summed E-state index contributed by atoms with van der Waals surface area (Å²) in [7, 11) is -1.38. The van der Waals surface area contributed by atoms with Crippen LogP contribution in [0.1, 0.15) is 6.92 Å². The van der Waals surface area contributed by atoms with Crippen LogP contribution in [0, 0.1) is 0 Å². The lowest BCUT2D eigenvalue weighted by atomic mass is 11.0. The minimum absolute atomic E-state index is 0.267. The monoisotopic (exact) mass is 126 g/mol. The SMILES string of the molecule is CCS(O)(O)OC. The molecule has 46 valence electrons. The molecule has 0 bridgehead atoms. The van der Waals surface area contributed by atoms with Crippen LogP contribution in [-0.2, 0) is 4.18 Å². The Bertz CT molecular complexity index is 48.1. The average Bonchev–Trinajstić information content (AvgIpc) is 1.68. The summed E-state index contributed by atoms with van der Waals surface area (Å²) in [6, 6.07) is 0. The highest BCUT2D eigenvalue weighted by Gasteiger charge is 2.09. The second kappa shape index (κ2) is 2.52. The first-order valence-corrected chi connectivity index (χ1v) is 3.58. The van der Waals surface area contributed by atoms with Gasteiger partial charge >= 0.3 is 0 Å². The predicted octanol–water partition coefficient (Wildman–Crippen LogP) is 1.32. The van der Waals surface area contributed by atoms with Gasteiger partial charge in [-0.05, 0) is 0 Å². The van der Waals surface area contributed by atoms with E-state index in [2.05, 4.69) is 4.18 Å². The zero-order valence-corrected chi connectivity index (χ0v) is 5.23. The van der Waals surface area contributed by atoms with E-state index in [1.54, 1.807) is 6.92 Å². The van der Waals surface area contributed by atoms with Crippen molar-refractivity contribution < 1.29 is 13.3 Å². The summed E-state index contributed by atoms with van der Waals surface area (Å²) in [4.78, 5) is 0. The molecule has 0 aliphatic rings. The molecule has 0 aromatic heterocycles. The summed E-state index contributed by atoms with van der Waals surface area (Å²) in [5.41, 5.74) is 0. The Morgan fingerprint density at radius 3 is 2.00 bits per heavy atom. The van der Waals surface area contributed by atoms with Crippen molar-refractivity contribution in [3.05, 3.63) is 0 Å². The van der Waals surface area contributed by atoms with Gasteiger partial charge in [0.2, 0.25) is 0 Å². The molecule has 0 spiro atoms. The Morgan fingerprint density at radius 1 is 1.57 bits per heavy atom. The fourth-order valence-corrected chi connectivity index (χ4v) is 0.354. The van der Waals surface area contributed by atoms with E-state index in [4.69, 9.17) is 9.11 Å². The Balaban J connectivity index is 3.36. The second-order valence-electron chi connectivity index (χ2n) is 1.06. The number of hydrogen-bond donors (Lipinski definition) is 2. The maximum atomic E-state index is 8.55. The largest absolute Gasteiger partial charge is 0.308 e. The van der Waals surface area contributed by atoms with Crippen molar-refractivity contribution in [2.24, 2.45) is 0 Å². The van der Waals surface area contributed by atoms with Gasteiger partial charge < -0.3 is 9.11 Å². The molecule has 0 atom stereocenters. The van der Waals surface area contributed by atoms with Crippen molar-refractivity contribution in [3.8, 4) is 0 Å². The first-order chi connectivity index (χ1) is 3.12.